The van der Waals surface area contributed by atoms with Gasteiger partial charge in [0.1, 0.15) is 5.75 Å². The van der Waals surface area contributed by atoms with Gasteiger partial charge >= 0.3 is 0 Å². The minimum Gasteiger partial charge on any atom is -0.496 e. The van der Waals surface area contributed by atoms with Gasteiger partial charge in [0.2, 0.25) is 0 Å². The minimum atomic E-state index is -0.0164. The van der Waals surface area contributed by atoms with Crippen LogP contribution >= 0.6 is 15.9 Å². The van der Waals surface area contributed by atoms with Crippen molar-refractivity contribution in [1.82, 2.24) is 4.90 Å². The molecule has 0 N–H and O–H groups in total. The van der Waals surface area contributed by atoms with Crippen LogP contribution in [0.5, 0.6) is 5.75 Å². The number of piperidine rings is 1. The molecule has 0 amide bonds. The number of hydrogen-bond donors (Lipinski definition) is 0. The van der Waals surface area contributed by atoms with E-state index in [-0.39, 0.29) is 5.60 Å². The number of ether oxygens (including phenoxy) is 2. The quantitative estimate of drug-likeness (QED) is 0.845. The highest BCUT2D eigenvalue weighted by molar-refractivity contribution is 9.10. The molecule has 1 aromatic rings. The third kappa shape index (κ3) is 3.71. The Hall–Kier alpha value is -0.580. The third-order valence-electron chi connectivity index (χ3n) is 3.87. The Morgan fingerprint density at radius 2 is 2.16 bits per heavy atom. The molecule has 0 aliphatic carbocycles. The molecule has 1 aliphatic rings. The summed E-state index contributed by atoms with van der Waals surface area (Å²) in [5.74, 6) is 0.952. The van der Waals surface area contributed by atoms with Gasteiger partial charge in [-0.3, -0.25) is 4.90 Å². The fourth-order valence-corrected chi connectivity index (χ4v) is 3.13. The zero-order valence-corrected chi connectivity index (χ0v) is 13.5. The predicted octanol–water partition coefficient (Wildman–Crippen LogP) is 3.46. The molecule has 1 atom stereocenters. The Balaban J connectivity index is 2.10. The number of methoxy groups -OCH3 is 2. The van der Waals surface area contributed by atoms with E-state index >= 15 is 0 Å². The van der Waals surface area contributed by atoms with Crippen molar-refractivity contribution in [2.24, 2.45) is 0 Å². The van der Waals surface area contributed by atoms with Crippen LogP contribution in [0.25, 0.3) is 0 Å². The van der Waals surface area contributed by atoms with E-state index in [1.165, 1.54) is 12.0 Å². The van der Waals surface area contributed by atoms with Crippen molar-refractivity contribution in [3.05, 3.63) is 28.2 Å². The summed E-state index contributed by atoms with van der Waals surface area (Å²) in [6, 6.07) is 6.16. The lowest BCUT2D eigenvalue weighted by Gasteiger charge is -2.39. The topological polar surface area (TPSA) is 21.7 Å². The smallest absolute Gasteiger partial charge is 0.123 e. The van der Waals surface area contributed by atoms with Crippen LogP contribution in [0.4, 0.5) is 0 Å². The fourth-order valence-electron chi connectivity index (χ4n) is 2.72. The number of benzene rings is 1. The van der Waals surface area contributed by atoms with Gasteiger partial charge in [-0.05, 0) is 44.5 Å². The van der Waals surface area contributed by atoms with Crippen LogP contribution in [-0.2, 0) is 11.3 Å². The Morgan fingerprint density at radius 3 is 2.84 bits per heavy atom. The van der Waals surface area contributed by atoms with Gasteiger partial charge in [0.15, 0.2) is 0 Å². The van der Waals surface area contributed by atoms with Gasteiger partial charge < -0.3 is 9.47 Å². The van der Waals surface area contributed by atoms with Crippen molar-refractivity contribution in [2.75, 3.05) is 27.3 Å². The fraction of sp³-hybridized carbons (Fsp3) is 0.600. The van der Waals surface area contributed by atoms with Crippen molar-refractivity contribution in [3.63, 3.8) is 0 Å². The number of nitrogens with zero attached hydrogens (tertiary/aromatic N) is 1. The second-order valence-electron chi connectivity index (χ2n) is 5.42. The Morgan fingerprint density at radius 1 is 1.37 bits per heavy atom. The van der Waals surface area contributed by atoms with Crippen LogP contribution in [-0.4, -0.2) is 37.8 Å². The monoisotopic (exact) mass is 327 g/mol. The molecule has 0 bridgehead atoms. The second kappa shape index (κ2) is 6.25. The van der Waals surface area contributed by atoms with E-state index in [0.717, 1.165) is 36.3 Å². The SMILES string of the molecule is COc1ccc(Br)cc1CN1CCCC(C)(OC)C1. The maximum atomic E-state index is 5.64. The molecule has 3 nitrogen and oxygen atoms in total. The number of hydrogen-bond acceptors (Lipinski definition) is 3. The molecule has 4 heteroatoms. The second-order valence-corrected chi connectivity index (χ2v) is 6.34. The number of likely N-dealkylation sites (tertiary alicyclic amines) is 1. The molecule has 106 valence electrons. The number of rotatable bonds is 4. The zero-order chi connectivity index (χ0) is 13.9. The first kappa shape index (κ1) is 14.8. The van der Waals surface area contributed by atoms with Crippen molar-refractivity contribution >= 4 is 15.9 Å². The summed E-state index contributed by atoms with van der Waals surface area (Å²) in [6.07, 6.45) is 2.32. The van der Waals surface area contributed by atoms with E-state index in [0.29, 0.717) is 0 Å². The highest BCUT2D eigenvalue weighted by atomic mass is 79.9. The summed E-state index contributed by atoms with van der Waals surface area (Å²) >= 11 is 3.53. The molecule has 1 aliphatic heterocycles. The summed E-state index contributed by atoms with van der Waals surface area (Å²) in [5.41, 5.74) is 1.20. The lowest BCUT2D eigenvalue weighted by atomic mass is 9.94. The predicted molar refractivity (Wildman–Crippen MR) is 80.6 cm³/mol. The first-order valence-electron chi connectivity index (χ1n) is 6.66. The zero-order valence-electron chi connectivity index (χ0n) is 11.9. The van der Waals surface area contributed by atoms with Crippen LogP contribution < -0.4 is 4.74 Å². The van der Waals surface area contributed by atoms with Crippen LogP contribution in [0.3, 0.4) is 0 Å². The summed E-state index contributed by atoms with van der Waals surface area (Å²) in [4.78, 5) is 2.44. The lowest BCUT2D eigenvalue weighted by molar-refractivity contribution is -0.0528. The summed E-state index contributed by atoms with van der Waals surface area (Å²) in [5, 5.41) is 0. The van der Waals surface area contributed by atoms with Crippen LogP contribution in [0.1, 0.15) is 25.3 Å². The molecule has 1 fully saturated rings. The molecule has 19 heavy (non-hydrogen) atoms. The first-order chi connectivity index (χ1) is 9.06. The molecule has 2 rings (SSSR count). The van der Waals surface area contributed by atoms with E-state index in [2.05, 4.69) is 33.8 Å². The van der Waals surface area contributed by atoms with Gasteiger partial charge in [-0.2, -0.15) is 0 Å². The summed E-state index contributed by atoms with van der Waals surface area (Å²) < 4.78 is 12.2. The van der Waals surface area contributed by atoms with Crippen LogP contribution in [0, 0.1) is 0 Å². The van der Waals surface area contributed by atoms with Gasteiger partial charge in [-0.15, -0.1) is 0 Å². The molecule has 1 aromatic carbocycles. The van der Waals surface area contributed by atoms with Crippen molar-refractivity contribution in [3.8, 4) is 5.75 Å². The maximum absolute atomic E-state index is 5.64. The van der Waals surface area contributed by atoms with Crippen molar-refractivity contribution < 1.29 is 9.47 Å². The summed E-state index contributed by atoms with van der Waals surface area (Å²) in [6.45, 7) is 5.19. The lowest BCUT2D eigenvalue weighted by Crippen LogP contribution is -2.46. The van der Waals surface area contributed by atoms with Gasteiger partial charge in [-0.25, -0.2) is 0 Å². The molecular weight excluding hydrogens is 306 g/mol. The highest BCUT2D eigenvalue weighted by Gasteiger charge is 2.30. The van der Waals surface area contributed by atoms with Gasteiger partial charge in [0, 0.05) is 30.2 Å². The molecular formula is C15H22BrNO2. The van der Waals surface area contributed by atoms with E-state index in [9.17, 15) is 0 Å². The van der Waals surface area contributed by atoms with Crippen LogP contribution in [0.2, 0.25) is 0 Å². The van der Waals surface area contributed by atoms with Gasteiger partial charge in [0.05, 0.1) is 12.7 Å². The van der Waals surface area contributed by atoms with E-state index in [1.807, 2.05) is 19.2 Å². The molecule has 1 saturated heterocycles. The normalized spacial score (nSPS) is 24.4. The Kier molecular flexibility index (Phi) is 4.87. The Bertz CT molecular complexity index is 438. The molecule has 1 unspecified atom stereocenters. The molecule has 0 radical (unpaired) electrons. The largest absolute Gasteiger partial charge is 0.496 e. The number of halogens is 1. The van der Waals surface area contributed by atoms with Crippen molar-refractivity contribution in [1.29, 1.82) is 0 Å². The Labute approximate surface area is 124 Å². The third-order valence-corrected chi connectivity index (χ3v) is 4.36. The summed E-state index contributed by atoms with van der Waals surface area (Å²) in [7, 11) is 3.53. The average molecular weight is 328 g/mol. The van der Waals surface area contributed by atoms with E-state index in [1.54, 1.807) is 7.11 Å². The standard InChI is InChI=1S/C15H22BrNO2/c1-15(19-3)7-4-8-17(11-15)10-12-9-13(16)5-6-14(12)18-2/h5-6,9H,4,7-8,10-11H2,1-3H3. The molecule has 1 heterocycles. The van der Waals surface area contributed by atoms with Crippen molar-refractivity contribution in [2.45, 2.75) is 31.9 Å². The molecule has 0 aromatic heterocycles. The van der Waals surface area contributed by atoms with Gasteiger partial charge in [-0.1, -0.05) is 15.9 Å². The highest BCUT2D eigenvalue weighted by Crippen LogP contribution is 2.28. The van der Waals surface area contributed by atoms with Gasteiger partial charge in [0.25, 0.3) is 0 Å². The molecule has 0 spiro atoms. The first-order valence-corrected chi connectivity index (χ1v) is 7.45. The maximum Gasteiger partial charge on any atom is 0.123 e. The van der Waals surface area contributed by atoms with E-state index in [4.69, 9.17) is 9.47 Å². The minimum absolute atomic E-state index is 0.0164. The van der Waals surface area contributed by atoms with E-state index < -0.39 is 0 Å². The average Bonchev–Trinajstić information content (AvgIpc) is 2.39. The van der Waals surface area contributed by atoms with Crippen LogP contribution in [0.15, 0.2) is 22.7 Å². The molecule has 0 saturated carbocycles.